The van der Waals surface area contributed by atoms with E-state index in [1.54, 1.807) is 13.1 Å². The van der Waals surface area contributed by atoms with Crippen molar-refractivity contribution < 1.29 is 4.79 Å². The van der Waals surface area contributed by atoms with Crippen LogP contribution in [0.3, 0.4) is 0 Å². The van der Waals surface area contributed by atoms with E-state index in [0.717, 1.165) is 5.56 Å². The zero-order valence-corrected chi connectivity index (χ0v) is 7.09. The lowest BCUT2D eigenvalue weighted by Crippen LogP contribution is -2.32. The molecule has 0 aliphatic carbocycles. The Bertz CT molecular complexity index is 279. The van der Waals surface area contributed by atoms with Crippen LogP contribution in [0.15, 0.2) is 6.20 Å². The summed E-state index contributed by atoms with van der Waals surface area (Å²) in [5.74, 6) is 0.389. The first-order chi connectivity index (χ1) is 5.61. The Morgan fingerprint density at radius 1 is 1.83 bits per heavy atom. The third kappa shape index (κ3) is 1.82. The molecule has 12 heavy (non-hydrogen) atoms. The number of nitrogens with zero attached hydrogens (tertiary/aromatic N) is 1. The van der Waals surface area contributed by atoms with E-state index < -0.39 is 6.04 Å². The van der Waals surface area contributed by atoms with Crippen LogP contribution < -0.4 is 11.1 Å². The third-order valence-electron chi connectivity index (χ3n) is 1.49. The normalized spacial score (nSPS) is 12.6. The molecule has 0 radical (unpaired) electrons. The Balaban J connectivity index is 2.64. The highest BCUT2D eigenvalue weighted by molar-refractivity contribution is 5.93. The average molecular weight is 168 g/mol. The molecule has 1 heterocycles. The molecule has 1 amide bonds. The SMILES string of the molecule is Cc1cn[nH]c1NC(=O)[C@H](C)N. The molecule has 0 saturated heterocycles. The maximum Gasteiger partial charge on any atom is 0.242 e. The minimum absolute atomic E-state index is 0.220. The summed E-state index contributed by atoms with van der Waals surface area (Å²) in [6, 6.07) is -0.507. The minimum atomic E-state index is -0.507. The fourth-order valence-electron chi connectivity index (χ4n) is 0.710. The molecule has 0 spiro atoms. The first-order valence-electron chi connectivity index (χ1n) is 3.67. The Morgan fingerprint density at radius 3 is 2.92 bits per heavy atom. The quantitative estimate of drug-likeness (QED) is 0.581. The number of aromatic amines is 1. The van der Waals surface area contributed by atoms with Crippen LogP contribution in [0.2, 0.25) is 0 Å². The van der Waals surface area contributed by atoms with Gasteiger partial charge in [0.15, 0.2) is 0 Å². The van der Waals surface area contributed by atoms with Gasteiger partial charge in [-0.2, -0.15) is 5.10 Å². The monoisotopic (exact) mass is 168 g/mol. The van der Waals surface area contributed by atoms with Crippen LogP contribution in [0, 0.1) is 6.92 Å². The number of carbonyl (C=O) groups excluding carboxylic acids is 1. The van der Waals surface area contributed by atoms with Crippen LogP contribution in [0.5, 0.6) is 0 Å². The second-order valence-corrected chi connectivity index (χ2v) is 2.71. The van der Waals surface area contributed by atoms with Gasteiger partial charge in [0, 0.05) is 5.56 Å². The van der Waals surface area contributed by atoms with Crippen molar-refractivity contribution in [1.82, 2.24) is 10.2 Å². The molecular formula is C7H12N4O. The van der Waals surface area contributed by atoms with Crippen molar-refractivity contribution in [2.75, 3.05) is 5.32 Å². The Hall–Kier alpha value is -1.36. The summed E-state index contributed by atoms with van der Waals surface area (Å²) in [5, 5.41) is 9.01. The molecule has 0 aromatic carbocycles. The standard InChI is InChI=1S/C7H12N4O/c1-4-3-9-11-6(4)10-7(12)5(2)8/h3,5H,8H2,1-2H3,(H2,9,10,11,12)/t5-/m0/s1. The number of rotatable bonds is 2. The highest BCUT2D eigenvalue weighted by Crippen LogP contribution is 2.07. The largest absolute Gasteiger partial charge is 0.320 e. The van der Waals surface area contributed by atoms with E-state index in [4.69, 9.17) is 5.73 Å². The molecule has 1 rings (SSSR count). The topological polar surface area (TPSA) is 83.8 Å². The van der Waals surface area contributed by atoms with Gasteiger partial charge in [0.05, 0.1) is 12.2 Å². The predicted octanol–water partition coefficient (Wildman–Crippen LogP) is 0.00382. The Kier molecular flexibility index (Phi) is 2.44. The number of hydrogen-bond donors (Lipinski definition) is 3. The maximum atomic E-state index is 11.1. The molecule has 5 heteroatoms. The van der Waals surface area contributed by atoms with Crippen LogP contribution in [0.1, 0.15) is 12.5 Å². The summed E-state index contributed by atoms with van der Waals surface area (Å²) in [6.45, 7) is 3.47. The van der Waals surface area contributed by atoms with Gasteiger partial charge in [-0.25, -0.2) is 0 Å². The zero-order valence-electron chi connectivity index (χ0n) is 7.09. The molecule has 0 fully saturated rings. The number of nitrogens with two attached hydrogens (primary N) is 1. The van der Waals surface area contributed by atoms with Crippen molar-refractivity contribution in [3.05, 3.63) is 11.8 Å². The molecule has 0 saturated carbocycles. The van der Waals surface area contributed by atoms with Gasteiger partial charge in [-0.1, -0.05) is 0 Å². The van der Waals surface area contributed by atoms with Gasteiger partial charge < -0.3 is 11.1 Å². The van der Waals surface area contributed by atoms with Gasteiger partial charge in [-0.3, -0.25) is 9.89 Å². The van der Waals surface area contributed by atoms with Crippen molar-refractivity contribution >= 4 is 11.7 Å². The number of aromatic nitrogens is 2. The smallest absolute Gasteiger partial charge is 0.242 e. The van der Waals surface area contributed by atoms with E-state index in [9.17, 15) is 4.79 Å². The van der Waals surface area contributed by atoms with Crippen LogP contribution in [0.25, 0.3) is 0 Å². The lowest BCUT2D eigenvalue weighted by atomic mass is 10.3. The van der Waals surface area contributed by atoms with Crippen LogP contribution in [-0.4, -0.2) is 22.1 Å². The molecule has 1 aromatic rings. The van der Waals surface area contributed by atoms with Crippen molar-refractivity contribution in [2.45, 2.75) is 19.9 Å². The predicted molar refractivity (Wildman–Crippen MR) is 45.6 cm³/mol. The van der Waals surface area contributed by atoms with Crippen LogP contribution in [0.4, 0.5) is 5.82 Å². The summed E-state index contributed by atoms with van der Waals surface area (Å²) < 4.78 is 0. The molecule has 5 nitrogen and oxygen atoms in total. The molecule has 0 aliphatic rings. The molecular weight excluding hydrogens is 156 g/mol. The fourth-order valence-corrected chi connectivity index (χ4v) is 0.710. The van der Waals surface area contributed by atoms with E-state index in [-0.39, 0.29) is 5.91 Å². The molecule has 0 unspecified atom stereocenters. The summed E-state index contributed by atoms with van der Waals surface area (Å²) in [7, 11) is 0. The van der Waals surface area contributed by atoms with Gasteiger partial charge in [-0.15, -0.1) is 0 Å². The zero-order chi connectivity index (χ0) is 9.14. The van der Waals surface area contributed by atoms with Gasteiger partial charge in [0.1, 0.15) is 5.82 Å². The number of carbonyl (C=O) groups is 1. The van der Waals surface area contributed by atoms with Crippen molar-refractivity contribution in [2.24, 2.45) is 5.73 Å². The van der Waals surface area contributed by atoms with E-state index >= 15 is 0 Å². The summed E-state index contributed by atoms with van der Waals surface area (Å²) in [4.78, 5) is 11.1. The second-order valence-electron chi connectivity index (χ2n) is 2.71. The number of H-pyrrole nitrogens is 1. The molecule has 0 bridgehead atoms. The molecule has 1 aromatic heterocycles. The highest BCUT2D eigenvalue weighted by Gasteiger charge is 2.09. The van der Waals surface area contributed by atoms with E-state index in [1.807, 2.05) is 6.92 Å². The van der Waals surface area contributed by atoms with Crippen LogP contribution in [-0.2, 0) is 4.79 Å². The summed E-state index contributed by atoms with van der Waals surface area (Å²) in [5.41, 5.74) is 6.25. The van der Waals surface area contributed by atoms with Gasteiger partial charge in [0.25, 0.3) is 0 Å². The van der Waals surface area contributed by atoms with Gasteiger partial charge in [-0.05, 0) is 13.8 Å². The van der Waals surface area contributed by atoms with E-state index in [1.165, 1.54) is 0 Å². The molecule has 0 aliphatic heterocycles. The first kappa shape index (κ1) is 8.73. The van der Waals surface area contributed by atoms with E-state index in [2.05, 4.69) is 15.5 Å². The molecule has 66 valence electrons. The fraction of sp³-hybridized carbons (Fsp3) is 0.429. The minimum Gasteiger partial charge on any atom is -0.320 e. The van der Waals surface area contributed by atoms with Crippen molar-refractivity contribution in [3.63, 3.8) is 0 Å². The van der Waals surface area contributed by atoms with Crippen LogP contribution >= 0.6 is 0 Å². The van der Waals surface area contributed by atoms with E-state index in [0.29, 0.717) is 5.82 Å². The van der Waals surface area contributed by atoms with Gasteiger partial charge in [0.2, 0.25) is 5.91 Å². The average Bonchev–Trinajstić information content (AvgIpc) is 2.36. The van der Waals surface area contributed by atoms with Crippen molar-refractivity contribution in [3.8, 4) is 0 Å². The summed E-state index contributed by atoms with van der Waals surface area (Å²) in [6.07, 6.45) is 1.64. The third-order valence-corrected chi connectivity index (χ3v) is 1.49. The Morgan fingerprint density at radius 2 is 2.50 bits per heavy atom. The Labute approximate surface area is 70.3 Å². The number of aryl methyl sites for hydroxylation is 1. The number of hydrogen-bond acceptors (Lipinski definition) is 3. The highest BCUT2D eigenvalue weighted by atomic mass is 16.2. The number of nitrogens with one attached hydrogen (secondary N) is 2. The second kappa shape index (κ2) is 3.36. The first-order valence-corrected chi connectivity index (χ1v) is 3.67. The van der Waals surface area contributed by atoms with Crippen molar-refractivity contribution in [1.29, 1.82) is 0 Å². The van der Waals surface area contributed by atoms with Gasteiger partial charge >= 0.3 is 0 Å². The number of amides is 1. The summed E-state index contributed by atoms with van der Waals surface area (Å²) >= 11 is 0. The maximum absolute atomic E-state index is 11.1. The lowest BCUT2D eigenvalue weighted by molar-refractivity contribution is -0.117. The molecule has 1 atom stereocenters. The number of anilines is 1. The lowest BCUT2D eigenvalue weighted by Gasteiger charge is -2.05. The molecule has 4 N–H and O–H groups in total.